The van der Waals surface area contributed by atoms with Crippen LogP contribution in [-0.4, -0.2) is 35.8 Å². The van der Waals surface area contributed by atoms with Crippen molar-refractivity contribution in [1.29, 1.82) is 0 Å². The van der Waals surface area contributed by atoms with Gasteiger partial charge >= 0.3 is 0 Å². The first-order valence-electron chi connectivity index (χ1n) is 11.0. The largest absolute Gasteiger partial charge is 0.497 e. The normalized spacial score (nSPS) is 15.9. The van der Waals surface area contributed by atoms with Crippen LogP contribution in [0, 0.1) is 5.82 Å². The molecule has 0 saturated carbocycles. The summed E-state index contributed by atoms with van der Waals surface area (Å²) in [5.41, 5.74) is 2.65. The number of rotatable bonds is 5. The molecule has 11 heteroatoms. The summed E-state index contributed by atoms with van der Waals surface area (Å²) in [6.07, 6.45) is 4.15. The van der Waals surface area contributed by atoms with Crippen molar-refractivity contribution < 1.29 is 22.3 Å². The van der Waals surface area contributed by atoms with Crippen molar-refractivity contribution >= 4 is 15.8 Å². The molecule has 184 valence electrons. The summed E-state index contributed by atoms with van der Waals surface area (Å²) in [4.78, 5) is 21.3. The number of nitrogens with two attached hydrogens (primary N) is 1. The second-order valence-electron chi connectivity index (χ2n) is 8.32. The predicted octanol–water partition coefficient (Wildman–Crippen LogP) is 3.15. The maximum absolute atomic E-state index is 15.3. The first-order chi connectivity index (χ1) is 17.3. The zero-order valence-electron chi connectivity index (χ0n) is 19.2. The van der Waals surface area contributed by atoms with Gasteiger partial charge in [0.25, 0.3) is 0 Å². The van der Waals surface area contributed by atoms with Crippen LogP contribution in [0.3, 0.4) is 0 Å². The zero-order valence-corrected chi connectivity index (χ0v) is 20.0. The number of primary sulfonamides is 1. The highest BCUT2D eigenvalue weighted by molar-refractivity contribution is 7.89. The molecular formula is C25H22FN5O4S. The van der Waals surface area contributed by atoms with Gasteiger partial charge in [-0.05, 0) is 42.0 Å². The van der Waals surface area contributed by atoms with E-state index >= 15 is 4.39 Å². The van der Waals surface area contributed by atoms with Crippen LogP contribution in [0.2, 0.25) is 0 Å². The summed E-state index contributed by atoms with van der Waals surface area (Å²) < 4.78 is 46.1. The highest BCUT2D eigenvalue weighted by Crippen LogP contribution is 2.32. The Kier molecular flexibility index (Phi) is 6.12. The summed E-state index contributed by atoms with van der Waals surface area (Å²) in [5, 5.41) is 8.51. The van der Waals surface area contributed by atoms with Gasteiger partial charge in [0, 0.05) is 48.2 Å². The number of halogens is 1. The molecule has 1 aliphatic rings. The molecule has 1 atom stereocenters. The Bertz CT molecular complexity index is 1570. The van der Waals surface area contributed by atoms with Gasteiger partial charge in [-0.2, -0.15) is 0 Å². The first kappa shape index (κ1) is 23.8. The van der Waals surface area contributed by atoms with E-state index in [1.165, 1.54) is 18.3 Å². The van der Waals surface area contributed by atoms with E-state index in [9.17, 15) is 13.2 Å². The number of carbonyl (C=O) groups is 1. The van der Waals surface area contributed by atoms with E-state index < -0.39 is 21.9 Å². The number of pyridine rings is 1. The molecule has 0 bridgehead atoms. The minimum Gasteiger partial charge on any atom is -0.497 e. The number of sulfonamides is 1. The molecule has 0 fully saturated rings. The third kappa shape index (κ3) is 4.39. The van der Waals surface area contributed by atoms with Crippen LogP contribution in [-0.2, 0) is 16.6 Å². The van der Waals surface area contributed by atoms with Gasteiger partial charge in [0.15, 0.2) is 5.78 Å². The topological polar surface area (TPSA) is 129 Å². The molecule has 5 rings (SSSR count). The summed E-state index contributed by atoms with van der Waals surface area (Å²) in [6.45, 7) is 0.274. The van der Waals surface area contributed by atoms with Crippen molar-refractivity contribution in [2.75, 3.05) is 7.11 Å². The molecule has 9 nitrogen and oxygen atoms in total. The second-order valence-corrected chi connectivity index (χ2v) is 9.85. The van der Waals surface area contributed by atoms with Crippen molar-refractivity contribution in [2.45, 2.75) is 23.9 Å². The zero-order chi connectivity index (χ0) is 25.4. The summed E-state index contributed by atoms with van der Waals surface area (Å²) in [5.74, 6) is -0.0603. The van der Waals surface area contributed by atoms with Crippen LogP contribution in [0.1, 0.15) is 34.2 Å². The number of carbonyl (C=O) groups excluding carboxylic acids is 1. The predicted molar refractivity (Wildman–Crippen MR) is 130 cm³/mol. The van der Waals surface area contributed by atoms with Crippen LogP contribution in [0.4, 0.5) is 4.39 Å². The average Bonchev–Trinajstić information content (AvgIpc) is 3.23. The molecule has 2 aromatic carbocycles. The molecular weight excluding hydrogens is 485 g/mol. The average molecular weight is 508 g/mol. The van der Waals surface area contributed by atoms with Crippen molar-refractivity contribution in [1.82, 2.24) is 19.9 Å². The Hall–Kier alpha value is -3.93. The van der Waals surface area contributed by atoms with Crippen LogP contribution in [0.15, 0.2) is 72.1 Å². The fraction of sp³-hybridized carbons (Fsp3) is 0.160. The maximum atomic E-state index is 15.3. The van der Waals surface area contributed by atoms with Gasteiger partial charge < -0.3 is 10.1 Å². The molecule has 1 aliphatic heterocycles. The Morgan fingerprint density at radius 2 is 1.94 bits per heavy atom. The number of hydrogen-bond acceptors (Lipinski definition) is 7. The standard InChI is InChI=1S/C25H22FN5O4S/c1-35-17-5-3-16(4-6-17)31-14-30-22-12-29-21(11-23(32)25(22)31)19-7-2-15(10-20(19)26)18-8-9-28-13-24(18)36(27,33)34/h2-10,13-14,21,29H,11-12H2,1H3,(H2,27,33,34). The molecule has 0 spiro atoms. The molecule has 36 heavy (non-hydrogen) atoms. The lowest BCUT2D eigenvalue weighted by Gasteiger charge is -2.17. The lowest BCUT2D eigenvalue weighted by Crippen LogP contribution is -2.21. The fourth-order valence-electron chi connectivity index (χ4n) is 4.37. The van der Waals surface area contributed by atoms with Gasteiger partial charge in [-0.3, -0.25) is 14.3 Å². The molecule has 4 aromatic rings. The maximum Gasteiger partial charge on any atom is 0.240 e. The monoisotopic (exact) mass is 507 g/mol. The fourth-order valence-corrected chi connectivity index (χ4v) is 5.07. The van der Waals surface area contributed by atoms with Crippen molar-refractivity contribution in [2.24, 2.45) is 5.14 Å². The van der Waals surface area contributed by atoms with Gasteiger partial charge in [0.1, 0.15) is 28.5 Å². The Balaban J connectivity index is 1.44. The van der Waals surface area contributed by atoms with Crippen LogP contribution >= 0.6 is 0 Å². The van der Waals surface area contributed by atoms with E-state index in [4.69, 9.17) is 9.88 Å². The first-order valence-corrected chi connectivity index (χ1v) is 12.5. The molecule has 0 radical (unpaired) electrons. The van der Waals surface area contributed by atoms with E-state index in [0.717, 1.165) is 11.9 Å². The molecule has 2 aromatic heterocycles. The lowest BCUT2D eigenvalue weighted by atomic mass is 9.97. The van der Waals surface area contributed by atoms with E-state index in [1.807, 2.05) is 12.1 Å². The van der Waals surface area contributed by atoms with Crippen molar-refractivity contribution in [3.05, 3.63) is 90.0 Å². The highest BCUT2D eigenvalue weighted by atomic mass is 32.2. The van der Waals surface area contributed by atoms with Gasteiger partial charge in [-0.25, -0.2) is 22.9 Å². The number of nitrogens with zero attached hydrogens (tertiary/aromatic N) is 3. The van der Waals surface area contributed by atoms with Crippen molar-refractivity contribution in [3.8, 4) is 22.6 Å². The number of aromatic nitrogens is 3. The SMILES string of the molecule is COc1ccc(-n2cnc3c2C(=O)CC(c2ccc(-c4ccncc4S(N)(=O)=O)cc2F)NC3)cc1. The Morgan fingerprint density at radius 1 is 1.17 bits per heavy atom. The summed E-state index contributed by atoms with van der Waals surface area (Å²) in [7, 11) is -2.47. The minimum absolute atomic E-state index is 0.0167. The number of methoxy groups -OCH3 is 1. The Morgan fingerprint density at radius 3 is 2.64 bits per heavy atom. The Labute approximate surface area is 206 Å². The minimum atomic E-state index is -4.05. The number of hydrogen-bond donors (Lipinski definition) is 2. The molecule has 3 N–H and O–H groups in total. The van der Waals surface area contributed by atoms with Gasteiger partial charge in [-0.15, -0.1) is 0 Å². The molecule has 1 unspecified atom stereocenters. The third-order valence-corrected chi connectivity index (χ3v) is 7.08. The number of Topliss-reactive ketones (excluding diaryl/α,β-unsaturated/α-hetero) is 1. The number of ether oxygens (including phenoxy) is 1. The summed E-state index contributed by atoms with van der Waals surface area (Å²) >= 11 is 0. The second kappa shape index (κ2) is 9.26. The number of fused-ring (bicyclic) bond motifs is 1. The van der Waals surface area contributed by atoms with E-state index in [1.54, 1.807) is 42.3 Å². The number of nitrogens with one attached hydrogen (secondary N) is 1. The smallest absolute Gasteiger partial charge is 0.240 e. The number of ketones is 1. The quantitative estimate of drug-likeness (QED) is 0.425. The lowest BCUT2D eigenvalue weighted by molar-refractivity contribution is 0.0966. The van der Waals surface area contributed by atoms with E-state index in [-0.39, 0.29) is 29.2 Å². The van der Waals surface area contributed by atoms with Gasteiger partial charge in [0.2, 0.25) is 10.0 Å². The molecule has 0 amide bonds. The number of benzene rings is 2. The molecule has 3 heterocycles. The van der Waals surface area contributed by atoms with Crippen LogP contribution in [0.25, 0.3) is 16.8 Å². The molecule has 0 aliphatic carbocycles. The van der Waals surface area contributed by atoms with Gasteiger partial charge in [-0.1, -0.05) is 12.1 Å². The summed E-state index contributed by atoms with van der Waals surface area (Å²) in [6, 6.07) is 12.5. The molecule has 0 saturated heterocycles. The third-order valence-electron chi connectivity index (χ3n) is 6.14. The van der Waals surface area contributed by atoms with E-state index in [0.29, 0.717) is 28.3 Å². The van der Waals surface area contributed by atoms with E-state index in [2.05, 4.69) is 15.3 Å². The van der Waals surface area contributed by atoms with Crippen LogP contribution in [0.5, 0.6) is 5.75 Å². The number of imidazole rings is 1. The van der Waals surface area contributed by atoms with Crippen molar-refractivity contribution in [3.63, 3.8) is 0 Å². The van der Waals surface area contributed by atoms with Crippen LogP contribution < -0.4 is 15.2 Å². The van der Waals surface area contributed by atoms with Gasteiger partial charge in [0.05, 0.1) is 12.8 Å². The highest BCUT2D eigenvalue weighted by Gasteiger charge is 2.29.